The molecular formula is C34H39Cl2N7O5. The molecule has 0 radical (unpaired) electrons. The molecule has 14 heteroatoms. The monoisotopic (exact) mass is 695 g/mol. The number of carbonyl (C=O) groups is 3. The van der Waals surface area contributed by atoms with Crippen LogP contribution in [0, 0.1) is 5.92 Å². The van der Waals surface area contributed by atoms with E-state index in [1.807, 2.05) is 34.9 Å². The van der Waals surface area contributed by atoms with E-state index in [2.05, 4.69) is 25.9 Å². The number of para-hydroxylation sites is 1. The molecule has 2 atom stereocenters. The Hall–Kier alpha value is -4.39. The highest BCUT2D eigenvalue weighted by atomic mass is 35.5. The second kappa shape index (κ2) is 16.1. The van der Waals surface area contributed by atoms with Gasteiger partial charge in [-0.15, -0.1) is 0 Å². The lowest BCUT2D eigenvalue weighted by Gasteiger charge is -2.28. The van der Waals surface area contributed by atoms with Crippen LogP contribution in [0.4, 0.5) is 5.69 Å². The summed E-state index contributed by atoms with van der Waals surface area (Å²) in [5.74, 6) is 0.219. The number of aromatic nitrogens is 3. The molecule has 2 aromatic carbocycles. The molecule has 0 bridgehead atoms. The van der Waals surface area contributed by atoms with E-state index in [0.717, 1.165) is 24.1 Å². The SMILES string of the molecule is CNC(=O)C1CCC(CCC(=O)NCC(=O)N(C)c2ccc(Cl)c(COc3cccc4c3nc(OC)n4Cc3ccccn3)c2Cl)CN1. The molecular weight excluding hydrogens is 657 g/mol. The summed E-state index contributed by atoms with van der Waals surface area (Å²) in [6, 6.07) is 14.8. The Morgan fingerprint density at radius 2 is 1.94 bits per heavy atom. The first-order valence-electron chi connectivity index (χ1n) is 15.7. The fraction of sp³-hybridized carbons (Fsp3) is 0.382. The minimum Gasteiger partial charge on any atom is -0.486 e. The number of methoxy groups -OCH3 is 1. The molecule has 1 saturated heterocycles. The van der Waals surface area contributed by atoms with Crippen molar-refractivity contribution in [3.05, 3.63) is 76.0 Å². The minimum atomic E-state index is -0.345. The number of ether oxygens (including phenoxy) is 2. The van der Waals surface area contributed by atoms with Gasteiger partial charge in [-0.2, -0.15) is 4.98 Å². The van der Waals surface area contributed by atoms with Gasteiger partial charge in [-0.05, 0) is 68.1 Å². The average molecular weight is 697 g/mol. The van der Waals surface area contributed by atoms with Gasteiger partial charge in [0.25, 0.3) is 6.01 Å². The third-order valence-electron chi connectivity index (χ3n) is 8.50. The summed E-state index contributed by atoms with van der Waals surface area (Å²) < 4.78 is 13.7. The van der Waals surface area contributed by atoms with Gasteiger partial charge in [-0.25, -0.2) is 0 Å². The van der Waals surface area contributed by atoms with Crippen LogP contribution < -0.4 is 30.3 Å². The number of hydrogen-bond donors (Lipinski definition) is 3. The zero-order chi connectivity index (χ0) is 34.2. The van der Waals surface area contributed by atoms with Crippen LogP contribution in [-0.2, 0) is 27.5 Å². The molecule has 1 aliphatic heterocycles. The number of benzene rings is 2. The molecule has 1 aliphatic rings. The molecule has 4 aromatic rings. The summed E-state index contributed by atoms with van der Waals surface area (Å²) in [5, 5.41) is 9.24. The number of likely N-dealkylation sites (N-methyl/N-ethyl adjacent to an activating group) is 2. The van der Waals surface area contributed by atoms with Gasteiger partial charge in [0.1, 0.15) is 17.9 Å². The van der Waals surface area contributed by atoms with Gasteiger partial charge in [0, 0.05) is 37.3 Å². The van der Waals surface area contributed by atoms with E-state index in [0.29, 0.717) is 59.0 Å². The van der Waals surface area contributed by atoms with E-state index in [9.17, 15) is 14.4 Å². The van der Waals surface area contributed by atoms with Gasteiger partial charge < -0.3 is 30.3 Å². The maximum atomic E-state index is 13.1. The summed E-state index contributed by atoms with van der Waals surface area (Å²) in [7, 11) is 4.77. The molecule has 0 spiro atoms. The van der Waals surface area contributed by atoms with Crippen LogP contribution in [0.3, 0.4) is 0 Å². The summed E-state index contributed by atoms with van der Waals surface area (Å²) >= 11 is 13.3. The lowest BCUT2D eigenvalue weighted by atomic mass is 9.90. The van der Waals surface area contributed by atoms with Crippen molar-refractivity contribution in [1.82, 2.24) is 30.5 Å². The van der Waals surface area contributed by atoms with E-state index in [1.54, 1.807) is 45.6 Å². The molecule has 1 fully saturated rings. The maximum Gasteiger partial charge on any atom is 0.297 e. The van der Waals surface area contributed by atoms with Gasteiger partial charge in [0.2, 0.25) is 17.7 Å². The third kappa shape index (κ3) is 8.18. The number of piperidine rings is 1. The van der Waals surface area contributed by atoms with Gasteiger partial charge in [-0.3, -0.25) is 23.9 Å². The fourth-order valence-electron chi connectivity index (χ4n) is 5.72. The Labute approximate surface area is 289 Å². The van der Waals surface area contributed by atoms with Crippen molar-refractivity contribution in [2.24, 2.45) is 5.92 Å². The van der Waals surface area contributed by atoms with Crippen LogP contribution >= 0.6 is 23.2 Å². The number of carbonyl (C=O) groups excluding carboxylic acids is 3. The molecule has 3 heterocycles. The molecule has 254 valence electrons. The molecule has 2 aromatic heterocycles. The number of halogens is 2. The molecule has 3 amide bonds. The summed E-state index contributed by atoms with van der Waals surface area (Å²) in [4.78, 5) is 47.9. The minimum absolute atomic E-state index is 0.0126. The molecule has 2 unspecified atom stereocenters. The van der Waals surface area contributed by atoms with Crippen LogP contribution in [0.15, 0.2) is 54.7 Å². The van der Waals surface area contributed by atoms with Crippen LogP contribution in [0.1, 0.15) is 36.9 Å². The fourth-order valence-corrected chi connectivity index (χ4v) is 6.32. The molecule has 48 heavy (non-hydrogen) atoms. The Kier molecular flexibility index (Phi) is 11.7. The highest BCUT2D eigenvalue weighted by Crippen LogP contribution is 2.36. The number of imidazole rings is 1. The second-order valence-electron chi connectivity index (χ2n) is 11.6. The number of nitrogens with zero attached hydrogens (tertiary/aromatic N) is 4. The van der Waals surface area contributed by atoms with Crippen molar-refractivity contribution in [3.63, 3.8) is 0 Å². The number of fused-ring (bicyclic) bond motifs is 1. The van der Waals surface area contributed by atoms with Crippen LogP contribution in [-0.4, -0.2) is 72.6 Å². The van der Waals surface area contributed by atoms with Crippen molar-refractivity contribution >= 4 is 57.6 Å². The molecule has 0 aliphatic carbocycles. The summed E-state index contributed by atoms with van der Waals surface area (Å²) in [5.41, 5.74) is 3.18. The Morgan fingerprint density at radius 3 is 2.65 bits per heavy atom. The molecule has 3 N–H and O–H groups in total. The highest BCUT2D eigenvalue weighted by molar-refractivity contribution is 6.38. The third-order valence-corrected chi connectivity index (χ3v) is 9.28. The number of hydrogen-bond acceptors (Lipinski definition) is 8. The standard InChI is InChI=1S/C34H39Cl2N7O5/c1-37-33(46)25-13-10-21(17-39-25)11-15-29(44)40-18-30(45)42(2)26-14-12-24(35)23(31(26)36)20-48-28-9-6-8-27-32(28)41-34(47-3)43(27)19-22-7-4-5-16-38-22/h4-9,12,14,16,21,25,39H,10-11,13,15,17-20H2,1-3H3,(H,37,46)(H,40,44). The Morgan fingerprint density at radius 1 is 1.10 bits per heavy atom. The number of pyridine rings is 1. The lowest BCUT2D eigenvalue weighted by molar-refractivity contribution is -0.125. The van der Waals surface area contributed by atoms with E-state index in [-0.39, 0.29) is 48.4 Å². The summed E-state index contributed by atoms with van der Waals surface area (Å²) in [6.07, 6.45) is 4.28. The smallest absolute Gasteiger partial charge is 0.297 e. The summed E-state index contributed by atoms with van der Waals surface area (Å²) in [6.45, 7) is 0.960. The predicted molar refractivity (Wildman–Crippen MR) is 185 cm³/mol. The largest absolute Gasteiger partial charge is 0.486 e. The van der Waals surface area contributed by atoms with E-state index >= 15 is 0 Å². The van der Waals surface area contributed by atoms with E-state index in [4.69, 9.17) is 32.7 Å². The quantitative estimate of drug-likeness (QED) is 0.188. The Bertz CT molecular complexity index is 1760. The first-order chi connectivity index (χ1) is 23.2. The number of anilines is 1. The van der Waals surface area contributed by atoms with Crippen molar-refractivity contribution in [2.75, 3.05) is 39.2 Å². The number of nitrogens with one attached hydrogen (secondary N) is 3. The highest BCUT2D eigenvalue weighted by Gasteiger charge is 2.26. The lowest BCUT2D eigenvalue weighted by Crippen LogP contribution is -2.48. The number of amides is 3. The van der Waals surface area contributed by atoms with Gasteiger partial charge in [0.15, 0.2) is 0 Å². The van der Waals surface area contributed by atoms with E-state index < -0.39 is 0 Å². The average Bonchev–Trinajstić information content (AvgIpc) is 3.47. The predicted octanol–water partition coefficient (Wildman–Crippen LogP) is 4.35. The normalized spacial score (nSPS) is 15.9. The molecule has 0 saturated carbocycles. The zero-order valence-electron chi connectivity index (χ0n) is 27.1. The van der Waals surface area contributed by atoms with Gasteiger partial charge >= 0.3 is 0 Å². The van der Waals surface area contributed by atoms with E-state index in [1.165, 1.54) is 4.90 Å². The zero-order valence-corrected chi connectivity index (χ0v) is 28.6. The van der Waals surface area contributed by atoms with Crippen molar-refractivity contribution < 1.29 is 23.9 Å². The van der Waals surface area contributed by atoms with Crippen molar-refractivity contribution in [3.8, 4) is 11.8 Å². The van der Waals surface area contributed by atoms with Gasteiger partial charge in [-0.1, -0.05) is 35.3 Å². The van der Waals surface area contributed by atoms with Crippen LogP contribution in [0.2, 0.25) is 10.0 Å². The number of rotatable bonds is 13. The first-order valence-corrected chi connectivity index (χ1v) is 16.5. The Balaban J connectivity index is 1.19. The van der Waals surface area contributed by atoms with Crippen molar-refractivity contribution in [1.29, 1.82) is 0 Å². The second-order valence-corrected chi connectivity index (χ2v) is 12.3. The first kappa shape index (κ1) is 34.9. The van der Waals surface area contributed by atoms with Crippen LogP contribution in [0.5, 0.6) is 11.8 Å². The maximum absolute atomic E-state index is 13.1. The van der Waals surface area contributed by atoms with Crippen molar-refractivity contribution in [2.45, 2.75) is 44.9 Å². The van der Waals surface area contributed by atoms with Crippen LogP contribution in [0.25, 0.3) is 11.0 Å². The van der Waals surface area contributed by atoms with Gasteiger partial charge in [0.05, 0.1) is 48.2 Å². The topological polar surface area (TPSA) is 140 Å². The molecule has 5 rings (SSSR count). The molecule has 12 nitrogen and oxygen atoms in total.